The lowest BCUT2D eigenvalue weighted by Crippen LogP contribution is -2.50. The van der Waals surface area contributed by atoms with Crippen molar-refractivity contribution in [2.24, 2.45) is 9.98 Å². The van der Waals surface area contributed by atoms with Crippen LogP contribution in [0.2, 0.25) is 35.2 Å². The Morgan fingerprint density at radius 2 is 0.971 bits per heavy atom. The van der Waals surface area contributed by atoms with E-state index in [2.05, 4.69) is 117 Å². The van der Waals surface area contributed by atoms with Crippen LogP contribution in [0.15, 0.2) is 142 Å². The Balaban J connectivity index is 0.000000112. The molecule has 0 saturated carbocycles. The number of nitrogen functional groups attached to an aromatic ring is 1. The molecule has 1 unspecified atom stereocenters. The Bertz CT molecular complexity index is 7550. The number of aryl methyl sites for hydroxylation is 2. The summed E-state index contributed by atoms with van der Waals surface area (Å²) < 4.78 is 80.1. The van der Waals surface area contributed by atoms with E-state index in [1.807, 2.05) is 69.6 Å². The second kappa shape index (κ2) is 42.0. The lowest BCUT2D eigenvalue weighted by Gasteiger charge is -2.35. The Hall–Kier alpha value is -10.5. The molecule has 0 spiro atoms. The normalized spacial score (nSPS) is 16.4. The van der Waals surface area contributed by atoms with Crippen molar-refractivity contribution < 1.29 is 22.7 Å². The van der Waals surface area contributed by atoms with Crippen LogP contribution in [0.4, 0.5) is 49.2 Å². The standard InChI is InChI=1S/C27H27ClFN5O2.C21H19ClFN3S.C21H21ClN4S.C17H15Cl2FN4S.C17H14Cl2FN3S/c1-15(2)17-7-4-5-9-21(17)34-26-18(25(32-27(34)36)33-12-11-30-14-16(33)3)13-19(28)24(31-26)23-20(29)8-6-10-22(23)35;1-12-5-6-13-10-24-11-15(13)17(12)18-16(22)9-14-20(19(18)23)25-27-21(14)26-7-3-2-4-8-26;1-12-6-7-14-10-23-11-16(14)18(12)19-17(22)9-15-20(24-19)25-27-21(15)26-8-4-3-5-13(26)2;18-10-4-5-12(21)22-16(10)13-11(19)8-9-15(14(13)20)23-25-17(9)24-6-2-1-3-7-24;18-11-5-4-6-21-16(11)13-12(19)9-10-15(14(13)20)22-24-17(10)23-7-2-1-3-8-23/h4-10,13,15-16,30,35H,11-12,14H2,1-3H3;5-6,9,11H,2-4,7-8,10H2,1H3;6-7,9,11,13H,3-5,8,10H2,1-2H3;4-5,8H,1-3,6-7H2,(H2,21,22);4-6,9H,1-3,7-8H2/t16-;;;;/m0..../s1. The molecule has 0 amide bonds. The molecule has 7 aliphatic heterocycles. The molecule has 139 heavy (non-hydrogen) atoms. The summed E-state index contributed by atoms with van der Waals surface area (Å²) in [7, 11) is 0. The SMILES string of the molecule is CC(C)c1ccccc1-n1c(=O)nc(N2CCNC[C@@H]2C)c2cc(Cl)c(-c3c(O)cccc3F)nc21.Cc1ccc2c(c1-c1c(Cl)cc3c(N4CCCCC4)snc3c1F)C=NC2.Cc1ccc2c(c1-c1nc3nsc(N4CCCCC4C)c3cc1Cl)C=NC2.Fc1c(-c2ncccc2Cl)c(Cl)cc2c(N3CCCCC3)snc12.Nc1ccc(Cl)c(-c2c(Cl)cc3c(N4CCCCC4)snc3c2F)n1. The molecule has 5 saturated heterocycles. The monoisotopic (exact) mass is 2080 g/mol. The van der Waals surface area contributed by atoms with Gasteiger partial charge >= 0.3 is 5.69 Å². The maximum absolute atomic E-state index is 15.6. The van der Waals surface area contributed by atoms with Gasteiger partial charge in [-0.25, -0.2) is 41.9 Å². The number of aliphatic imine (C=N–C) groups is 2. The molecule has 23 rings (SSSR count). The number of nitrogens with one attached hydrogen (secondary N) is 1. The molecule has 9 aromatic heterocycles. The third-order valence-electron chi connectivity index (χ3n) is 26.6. The zero-order chi connectivity index (χ0) is 96.9. The number of para-hydroxylation sites is 1. The molecule has 716 valence electrons. The fourth-order valence-corrected chi connectivity index (χ4v) is 24.9. The van der Waals surface area contributed by atoms with E-state index in [-0.39, 0.29) is 67.5 Å². The van der Waals surface area contributed by atoms with Crippen LogP contribution in [0.3, 0.4) is 0 Å². The number of rotatable bonds is 12. The number of phenols is 1. The zero-order valence-electron chi connectivity index (χ0n) is 76.8. The van der Waals surface area contributed by atoms with E-state index < -0.39 is 23.1 Å². The van der Waals surface area contributed by atoms with Crippen molar-refractivity contribution in [3.05, 3.63) is 235 Å². The Kier molecular flexibility index (Phi) is 29.4. The number of benzene rings is 7. The number of fused-ring (bicyclic) bond motifs is 7. The highest BCUT2D eigenvalue weighted by molar-refractivity contribution is 7.13. The fraction of sp³-hybridized carbons (Fsp3) is 0.320. The van der Waals surface area contributed by atoms with Crippen LogP contribution < -0.4 is 41.2 Å². The van der Waals surface area contributed by atoms with Gasteiger partial charge in [0, 0.05) is 135 Å². The summed E-state index contributed by atoms with van der Waals surface area (Å²) in [5.74, 6) is -1.38. The van der Waals surface area contributed by atoms with Crippen molar-refractivity contribution in [1.82, 2.24) is 52.3 Å². The molecular weight excluding hydrogens is 1990 g/mol. The van der Waals surface area contributed by atoms with E-state index in [9.17, 15) is 14.3 Å². The van der Waals surface area contributed by atoms with Crippen LogP contribution in [0.5, 0.6) is 5.75 Å². The third-order valence-corrected chi connectivity index (χ3v) is 32.3. The highest BCUT2D eigenvalue weighted by Crippen LogP contribution is 2.50. The number of piperidine rings is 4. The number of piperazine rings is 1. The number of hydrogen-bond donors (Lipinski definition) is 3. The van der Waals surface area contributed by atoms with Gasteiger partial charge in [-0.2, -0.15) is 22.5 Å². The van der Waals surface area contributed by atoms with Crippen LogP contribution in [0.1, 0.15) is 150 Å². The Morgan fingerprint density at radius 1 is 0.460 bits per heavy atom. The van der Waals surface area contributed by atoms with Gasteiger partial charge in [-0.15, -0.1) is 0 Å². The lowest BCUT2D eigenvalue weighted by atomic mass is 9.92. The van der Waals surface area contributed by atoms with Crippen LogP contribution in [-0.4, -0.2) is 142 Å². The van der Waals surface area contributed by atoms with Gasteiger partial charge < -0.3 is 40.7 Å². The van der Waals surface area contributed by atoms with Gasteiger partial charge in [-0.3, -0.25) is 15.0 Å². The van der Waals surface area contributed by atoms with Crippen molar-refractivity contribution in [2.75, 3.05) is 95.7 Å². The molecule has 4 N–H and O–H groups in total. The summed E-state index contributed by atoms with van der Waals surface area (Å²) in [4.78, 5) is 56.3. The first kappa shape index (κ1) is 97.3. The molecule has 2 atom stereocenters. The number of halogens is 11. The quantitative estimate of drug-likeness (QED) is 0.0964. The molecule has 5 fully saturated rings. The van der Waals surface area contributed by atoms with Crippen LogP contribution in [0, 0.1) is 37.1 Å². The first-order valence-electron chi connectivity index (χ1n) is 46.5. The Morgan fingerprint density at radius 3 is 1.54 bits per heavy atom. The van der Waals surface area contributed by atoms with Gasteiger partial charge in [0.05, 0.1) is 104 Å². The van der Waals surface area contributed by atoms with Crippen molar-refractivity contribution in [1.29, 1.82) is 0 Å². The lowest BCUT2D eigenvalue weighted by molar-refractivity contribution is 0.471. The van der Waals surface area contributed by atoms with E-state index >= 15 is 13.2 Å². The molecule has 36 heteroatoms. The van der Waals surface area contributed by atoms with E-state index in [4.69, 9.17) is 96.9 Å². The summed E-state index contributed by atoms with van der Waals surface area (Å²) >= 11 is 50.8. The number of pyridine rings is 4. The largest absolute Gasteiger partial charge is 0.507 e. The molecule has 7 aliphatic rings. The minimum Gasteiger partial charge on any atom is -0.507 e. The maximum Gasteiger partial charge on any atom is 0.355 e. The molecule has 0 aliphatic carbocycles. The van der Waals surface area contributed by atoms with Crippen molar-refractivity contribution in [3.8, 4) is 67.6 Å². The third kappa shape index (κ3) is 19.3. The van der Waals surface area contributed by atoms with Crippen molar-refractivity contribution in [2.45, 2.75) is 150 Å². The number of hydrogen-bond acceptors (Lipinski definition) is 24. The van der Waals surface area contributed by atoms with Gasteiger partial charge in [0.25, 0.3) is 0 Å². The highest BCUT2D eigenvalue weighted by atomic mass is 35.5. The minimum absolute atomic E-state index is 0.0560. The van der Waals surface area contributed by atoms with Crippen molar-refractivity contribution >= 4 is 226 Å². The fourth-order valence-electron chi connectivity index (χ4n) is 19.5. The van der Waals surface area contributed by atoms with Crippen LogP contribution in [-0.2, 0) is 13.1 Å². The van der Waals surface area contributed by atoms with Crippen LogP contribution >= 0.6 is 127 Å². The second-order valence-corrected chi connectivity index (χ2v) is 41.8. The van der Waals surface area contributed by atoms with Gasteiger partial charge in [0.2, 0.25) is 0 Å². The molecule has 16 heterocycles. The number of nitrogens with zero attached hydrogens (tertiary/aromatic N) is 17. The second-order valence-electron chi connectivity index (χ2n) is 36.0. The highest BCUT2D eigenvalue weighted by Gasteiger charge is 2.34. The molecule has 16 aromatic rings. The summed E-state index contributed by atoms with van der Waals surface area (Å²) in [5, 5.41) is 24.5. The molecule has 21 nitrogen and oxygen atoms in total. The summed E-state index contributed by atoms with van der Waals surface area (Å²) in [5.41, 5.74) is 19.6. The number of nitrogens with two attached hydrogens (primary N) is 1. The first-order chi connectivity index (χ1) is 67.3. The minimum atomic E-state index is -0.662. The van der Waals surface area contributed by atoms with Crippen molar-refractivity contribution in [3.63, 3.8) is 0 Å². The zero-order valence-corrected chi connectivity index (χ0v) is 85.4. The number of anilines is 6. The van der Waals surface area contributed by atoms with E-state index in [0.29, 0.717) is 94.6 Å². The van der Waals surface area contributed by atoms with E-state index in [1.165, 1.54) is 119 Å². The number of aromatic nitrogens is 10. The molecular formula is C103H96Cl7F4N19O2S4. The summed E-state index contributed by atoms with van der Waals surface area (Å²) in [6, 6.07) is 36.3. The van der Waals surface area contributed by atoms with Gasteiger partial charge in [-0.1, -0.05) is 144 Å². The number of aromatic hydroxyl groups is 1. The van der Waals surface area contributed by atoms with E-state index in [0.717, 1.165) is 184 Å². The predicted octanol–water partition coefficient (Wildman–Crippen LogP) is 27.7. The summed E-state index contributed by atoms with van der Waals surface area (Å²) in [6.07, 6.45) is 19.7. The van der Waals surface area contributed by atoms with Crippen LogP contribution in [0.25, 0.3) is 117 Å². The first-order valence-corrected chi connectivity index (χ1v) is 52.3. The maximum atomic E-state index is 15.6. The average Bonchev–Trinajstić information content (AvgIpc) is 1.71. The number of phenolic OH excluding ortho intramolecular Hbond substituents is 1. The van der Waals surface area contributed by atoms with E-state index in [1.54, 1.807) is 60.2 Å². The topological polar surface area (TPSA) is 237 Å². The molecule has 0 bridgehead atoms. The molecule has 7 aromatic carbocycles. The average molecular weight is 2080 g/mol. The van der Waals surface area contributed by atoms with Gasteiger partial charge in [0.15, 0.2) is 28.7 Å². The van der Waals surface area contributed by atoms with Gasteiger partial charge in [-0.05, 0) is 263 Å². The summed E-state index contributed by atoms with van der Waals surface area (Å²) in [6.45, 7) is 23.0. The Labute approximate surface area is 852 Å². The predicted molar refractivity (Wildman–Crippen MR) is 570 cm³/mol. The smallest absolute Gasteiger partial charge is 0.355 e. The molecule has 0 radical (unpaired) electrons. The van der Waals surface area contributed by atoms with Gasteiger partial charge in [0.1, 0.15) is 59.8 Å².